The van der Waals surface area contributed by atoms with Gasteiger partial charge in [-0.3, -0.25) is 9.52 Å². The topological polar surface area (TPSA) is 84.5 Å². The number of amides is 1. The third kappa shape index (κ3) is 5.95. The fraction of sp³-hybridized carbons (Fsp3) is 0.190. The molecule has 0 fully saturated rings. The van der Waals surface area contributed by atoms with Crippen molar-refractivity contribution >= 4 is 48.3 Å². The molecule has 6 nitrogen and oxygen atoms in total. The lowest BCUT2D eigenvalue weighted by Gasteiger charge is -2.18. The highest BCUT2D eigenvalue weighted by Gasteiger charge is 2.15. The number of benzene rings is 3. The minimum Gasteiger partial charge on any atom is -0.484 e. The highest BCUT2D eigenvalue weighted by Crippen LogP contribution is 2.25. The van der Waals surface area contributed by atoms with E-state index in [-0.39, 0.29) is 12.5 Å². The summed E-state index contributed by atoms with van der Waals surface area (Å²) in [6.45, 7) is 1.64. The molecule has 0 bridgehead atoms. The van der Waals surface area contributed by atoms with Crippen molar-refractivity contribution in [1.82, 2.24) is 5.32 Å². The largest absolute Gasteiger partial charge is 0.484 e. The molecule has 2 N–H and O–H groups in total. The lowest BCUT2D eigenvalue weighted by Crippen LogP contribution is -2.31. The zero-order valence-corrected chi connectivity index (χ0v) is 18.4. The van der Waals surface area contributed by atoms with E-state index in [0.717, 1.165) is 21.5 Å². The van der Waals surface area contributed by atoms with Gasteiger partial charge < -0.3 is 10.1 Å². The standard InChI is InChI=1S/C21H21BrN2O4S/c1-14(19-5-3-4-6-20(19)24-29(2,26)27)23-21(25)13-28-18-10-8-15-11-17(22)9-7-16(15)12-18/h3-12,14,24H,13H2,1-2H3,(H,23,25). The Kier molecular flexibility index (Phi) is 6.44. The van der Waals surface area contributed by atoms with Crippen LogP contribution in [0.4, 0.5) is 5.69 Å². The maximum Gasteiger partial charge on any atom is 0.258 e. The minimum atomic E-state index is -3.42. The van der Waals surface area contributed by atoms with E-state index in [4.69, 9.17) is 4.74 Å². The average molecular weight is 477 g/mol. The summed E-state index contributed by atoms with van der Waals surface area (Å²) in [5.74, 6) is 0.296. The van der Waals surface area contributed by atoms with Gasteiger partial charge in [-0.1, -0.05) is 46.3 Å². The molecule has 0 aliphatic carbocycles. The first-order valence-electron chi connectivity index (χ1n) is 8.89. The predicted octanol–water partition coefficient (Wildman–Crippen LogP) is 4.23. The van der Waals surface area contributed by atoms with Gasteiger partial charge in [0.25, 0.3) is 5.91 Å². The highest BCUT2D eigenvalue weighted by atomic mass is 79.9. The van der Waals surface area contributed by atoms with Crippen molar-refractivity contribution < 1.29 is 17.9 Å². The Labute approximate surface area is 178 Å². The van der Waals surface area contributed by atoms with E-state index in [2.05, 4.69) is 26.0 Å². The third-order valence-electron chi connectivity index (χ3n) is 4.24. The third-order valence-corrected chi connectivity index (χ3v) is 5.33. The predicted molar refractivity (Wildman–Crippen MR) is 119 cm³/mol. The van der Waals surface area contributed by atoms with Gasteiger partial charge in [0.1, 0.15) is 5.75 Å². The van der Waals surface area contributed by atoms with Crippen molar-refractivity contribution in [3.8, 4) is 5.75 Å². The van der Waals surface area contributed by atoms with Gasteiger partial charge in [0, 0.05) is 4.47 Å². The first-order chi connectivity index (χ1) is 13.7. The molecule has 152 valence electrons. The Hall–Kier alpha value is -2.58. The molecule has 3 aromatic carbocycles. The van der Waals surface area contributed by atoms with E-state index in [0.29, 0.717) is 17.0 Å². The summed E-state index contributed by atoms with van der Waals surface area (Å²) in [5.41, 5.74) is 1.10. The van der Waals surface area contributed by atoms with Gasteiger partial charge in [0.2, 0.25) is 10.0 Å². The Bertz CT molecular complexity index is 1150. The SMILES string of the molecule is CC(NC(=O)COc1ccc2cc(Br)ccc2c1)c1ccccc1NS(C)(=O)=O. The number of nitrogens with one attached hydrogen (secondary N) is 2. The van der Waals surface area contributed by atoms with Crippen LogP contribution in [0.3, 0.4) is 0 Å². The van der Waals surface area contributed by atoms with Crippen LogP contribution >= 0.6 is 15.9 Å². The van der Waals surface area contributed by atoms with Gasteiger partial charge in [-0.25, -0.2) is 8.42 Å². The zero-order valence-electron chi connectivity index (χ0n) is 16.0. The number of anilines is 1. The fourth-order valence-electron chi connectivity index (χ4n) is 2.96. The summed E-state index contributed by atoms with van der Waals surface area (Å²) >= 11 is 3.44. The average Bonchev–Trinajstić information content (AvgIpc) is 2.65. The van der Waals surface area contributed by atoms with E-state index in [1.54, 1.807) is 31.2 Å². The van der Waals surface area contributed by atoms with E-state index in [1.165, 1.54) is 0 Å². The van der Waals surface area contributed by atoms with Crippen LogP contribution in [0.25, 0.3) is 10.8 Å². The van der Waals surface area contributed by atoms with Crippen LogP contribution in [0.15, 0.2) is 65.1 Å². The monoisotopic (exact) mass is 476 g/mol. The van der Waals surface area contributed by atoms with E-state index in [9.17, 15) is 13.2 Å². The molecule has 0 radical (unpaired) electrons. The quantitative estimate of drug-likeness (QED) is 0.534. The normalized spacial score (nSPS) is 12.4. The summed E-state index contributed by atoms with van der Waals surface area (Å²) in [7, 11) is -3.42. The molecule has 0 aliphatic heterocycles. The summed E-state index contributed by atoms with van der Waals surface area (Å²) in [6, 6.07) is 18.1. The van der Waals surface area contributed by atoms with Crippen LogP contribution in [0.5, 0.6) is 5.75 Å². The fourth-order valence-corrected chi connectivity index (χ4v) is 3.93. The molecular weight excluding hydrogens is 456 g/mol. The summed E-state index contributed by atoms with van der Waals surface area (Å²) in [4.78, 5) is 12.3. The molecule has 8 heteroatoms. The van der Waals surface area contributed by atoms with Crippen LogP contribution in [0.1, 0.15) is 18.5 Å². The second-order valence-corrected chi connectivity index (χ2v) is 9.36. The molecule has 1 unspecified atom stereocenters. The second-order valence-electron chi connectivity index (χ2n) is 6.69. The minimum absolute atomic E-state index is 0.145. The number of hydrogen-bond acceptors (Lipinski definition) is 4. The van der Waals surface area contributed by atoms with Crippen molar-refractivity contribution in [2.24, 2.45) is 0 Å². The molecule has 3 rings (SSSR count). The molecule has 1 amide bonds. The molecule has 0 saturated heterocycles. The number of fused-ring (bicyclic) bond motifs is 1. The molecule has 0 spiro atoms. The van der Waals surface area contributed by atoms with Gasteiger partial charge in [-0.2, -0.15) is 0 Å². The first-order valence-corrected chi connectivity index (χ1v) is 11.6. The Balaban J connectivity index is 1.63. The lowest BCUT2D eigenvalue weighted by atomic mass is 10.1. The van der Waals surface area contributed by atoms with Crippen molar-refractivity contribution in [2.75, 3.05) is 17.6 Å². The van der Waals surface area contributed by atoms with Crippen molar-refractivity contribution in [1.29, 1.82) is 0 Å². The molecule has 0 saturated carbocycles. The van der Waals surface area contributed by atoms with Crippen LogP contribution in [0, 0.1) is 0 Å². The summed E-state index contributed by atoms with van der Waals surface area (Å²) < 4.78 is 32.2. The number of ether oxygens (including phenoxy) is 1. The van der Waals surface area contributed by atoms with Gasteiger partial charge >= 0.3 is 0 Å². The Morgan fingerprint density at radius 2 is 1.76 bits per heavy atom. The van der Waals surface area contributed by atoms with Crippen LogP contribution in [-0.2, 0) is 14.8 Å². The number of carbonyl (C=O) groups is 1. The molecule has 3 aromatic rings. The number of hydrogen-bond donors (Lipinski definition) is 2. The lowest BCUT2D eigenvalue weighted by molar-refractivity contribution is -0.123. The van der Waals surface area contributed by atoms with E-state index < -0.39 is 16.1 Å². The van der Waals surface area contributed by atoms with Crippen molar-refractivity contribution in [2.45, 2.75) is 13.0 Å². The number of para-hydroxylation sites is 1. The van der Waals surface area contributed by atoms with Gasteiger partial charge in [0.05, 0.1) is 18.0 Å². The number of halogens is 1. The number of sulfonamides is 1. The zero-order chi connectivity index (χ0) is 21.0. The Morgan fingerprint density at radius 3 is 2.52 bits per heavy atom. The smallest absolute Gasteiger partial charge is 0.258 e. The van der Waals surface area contributed by atoms with Crippen molar-refractivity contribution in [3.05, 3.63) is 70.7 Å². The second kappa shape index (κ2) is 8.84. The summed E-state index contributed by atoms with van der Waals surface area (Å²) in [6.07, 6.45) is 1.09. The van der Waals surface area contributed by atoms with Crippen LogP contribution in [-0.4, -0.2) is 27.2 Å². The number of carbonyl (C=O) groups excluding carboxylic acids is 1. The molecule has 0 heterocycles. The molecule has 1 atom stereocenters. The molecule has 29 heavy (non-hydrogen) atoms. The van der Waals surface area contributed by atoms with E-state index in [1.807, 2.05) is 36.4 Å². The van der Waals surface area contributed by atoms with Gasteiger partial charge in [-0.05, 0) is 53.6 Å². The first kappa shape index (κ1) is 21.1. The summed E-state index contributed by atoms with van der Waals surface area (Å²) in [5, 5.41) is 4.92. The Morgan fingerprint density at radius 1 is 1.07 bits per heavy atom. The van der Waals surface area contributed by atoms with Gasteiger partial charge in [0.15, 0.2) is 6.61 Å². The molecule has 0 aliphatic rings. The number of rotatable bonds is 7. The maximum absolute atomic E-state index is 12.3. The van der Waals surface area contributed by atoms with Crippen molar-refractivity contribution in [3.63, 3.8) is 0 Å². The molecule has 0 aromatic heterocycles. The molecular formula is C21H21BrN2O4S. The van der Waals surface area contributed by atoms with Crippen LogP contribution in [0.2, 0.25) is 0 Å². The maximum atomic E-state index is 12.3. The highest BCUT2D eigenvalue weighted by molar-refractivity contribution is 9.10. The van der Waals surface area contributed by atoms with E-state index >= 15 is 0 Å². The van der Waals surface area contributed by atoms with Gasteiger partial charge in [-0.15, -0.1) is 0 Å². The van der Waals surface area contributed by atoms with Crippen LogP contribution < -0.4 is 14.8 Å².